The SMILES string of the molecule is CCCCCCOC[C@@H]1C(CC=CCO[C@H](C)C(=O)O)[C@@H]2CC[C@H]1O2. The minimum atomic E-state index is -0.925. The van der Waals surface area contributed by atoms with E-state index in [1.165, 1.54) is 19.3 Å². The Hall–Kier alpha value is -0.910. The highest BCUT2D eigenvalue weighted by Gasteiger charge is 2.48. The minimum absolute atomic E-state index is 0.341. The lowest BCUT2D eigenvalue weighted by atomic mass is 9.78. The summed E-state index contributed by atoms with van der Waals surface area (Å²) < 4.78 is 17.3. The van der Waals surface area contributed by atoms with Crippen molar-refractivity contribution >= 4 is 5.97 Å². The molecule has 2 fully saturated rings. The summed E-state index contributed by atoms with van der Waals surface area (Å²) in [5.41, 5.74) is 0. The van der Waals surface area contributed by atoms with Crippen LogP contribution in [0.1, 0.15) is 58.8 Å². The molecule has 0 amide bonds. The molecule has 1 unspecified atom stereocenters. The van der Waals surface area contributed by atoms with E-state index in [9.17, 15) is 4.79 Å². The zero-order valence-electron chi connectivity index (χ0n) is 15.7. The molecule has 2 aliphatic heterocycles. The third-order valence-electron chi connectivity index (χ3n) is 5.41. The zero-order chi connectivity index (χ0) is 18.1. The van der Waals surface area contributed by atoms with E-state index in [2.05, 4.69) is 13.0 Å². The highest BCUT2D eigenvalue weighted by Crippen LogP contribution is 2.45. The Morgan fingerprint density at radius 1 is 1.20 bits per heavy atom. The molecule has 0 aromatic heterocycles. The summed E-state index contributed by atoms with van der Waals surface area (Å²) >= 11 is 0. The number of carbonyl (C=O) groups is 1. The summed E-state index contributed by atoms with van der Waals surface area (Å²) in [6.45, 7) is 5.77. The summed E-state index contributed by atoms with van der Waals surface area (Å²) in [4.78, 5) is 10.7. The van der Waals surface area contributed by atoms with Crippen LogP contribution < -0.4 is 0 Å². The number of unbranched alkanes of at least 4 members (excludes halogenated alkanes) is 3. The van der Waals surface area contributed by atoms with Crippen molar-refractivity contribution in [2.45, 2.75) is 77.1 Å². The van der Waals surface area contributed by atoms with Crippen molar-refractivity contribution in [3.8, 4) is 0 Å². The van der Waals surface area contributed by atoms with Crippen molar-refractivity contribution < 1.29 is 24.1 Å². The van der Waals surface area contributed by atoms with Crippen LogP contribution in [0.15, 0.2) is 12.2 Å². The number of carboxylic acids is 1. The minimum Gasteiger partial charge on any atom is -0.479 e. The summed E-state index contributed by atoms with van der Waals surface area (Å²) in [7, 11) is 0. The van der Waals surface area contributed by atoms with Crippen LogP contribution in [0.3, 0.4) is 0 Å². The molecule has 2 bridgehead atoms. The van der Waals surface area contributed by atoms with Crippen molar-refractivity contribution in [1.82, 2.24) is 0 Å². The Morgan fingerprint density at radius 3 is 2.68 bits per heavy atom. The Bertz CT molecular complexity index is 422. The Labute approximate surface area is 151 Å². The topological polar surface area (TPSA) is 65.0 Å². The monoisotopic (exact) mass is 354 g/mol. The second kappa shape index (κ2) is 10.9. The summed E-state index contributed by atoms with van der Waals surface area (Å²) in [5.74, 6) is 0.0852. The number of fused-ring (bicyclic) bond motifs is 2. The summed E-state index contributed by atoms with van der Waals surface area (Å²) in [6, 6.07) is 0. The number of aliphatic carboxylic acids is 1. The van der Waals surface area contributed by atoms with Gasteiger partial charge in [0, 0.05) is 12.5 Å². The third kappa shape index (κ3) is 6.39. The van der Waals surface area contributed by atoms with E-state index in [4.69, 9.17) is 19.3 Å². The van der Waals surface area contributed by atoms with Crippen molar-refractivity contribution in [1.29, 1.82) is 0 Å². The predicted octanol–water partition coefficient (Wildman–Crippen LogP) is 3.81. The van der Waals surface area contributed by atoms with Gasteiger partial charge in [0.2, 0.25) is 0 Å². The molecule has 144 valence electrons. The predicted molar refractivity (Wildman–Crippen MR) is 96.6 cm³/mol. The standard InChI is InChI=1S/C20H34O5/c1-3-4-5-7-12-23-14-17-16(18-10-11-19(17)25-18)9-6-8-13-24-15(2)20(21)22/h6,8,15-19H,3-5,7,9-14H2,1-2H3,(H,21,22)/t15-,16?,17-,18+,19-/m1/s1. The summed E-state index contributed by atoms with van der Waals surface area (Å²) in [6.07, 6.45) is 12.2. The average molecular weight is 354 g/mol. The van der Waals surface area contributed by atoms with Gasteiger partial charge in [-0.3, -0.25) is 0 Å². The molecule has 2 heterocycles. The lowest BCUT2D eigenvalue weighted by molar-refractivity contribution is -0.148. The molecule has 0 aromatic rings. The molecule has 1 N–H and O–H groups in total. The highest BCUT2D eigenvalue weighted by molar-refractivity contribution is 5.71. The molecule has 5 nitrogen and oxygen atoms in total. The largest absolute Gasteiger partial charge is 0.479 e. The fourth-order valence-electron chi connectivity index (χ4n) is 3.87. The number of hydrogen-bond acceptors (Lipinski definition) is 4. The van der Waals surface area contributed by atoms with E-state index >= 15 is 0 Å². The molecule has 0 aliphatic carbocycles. The fraction of sp³-hybridized carbons (Fsp3) is 0.850. The van der Waals surface area contributed by atoms with Crippen molar-refractivity contribution in [2.24, 2.45) is 11.8 Å². The maximum atomic E-state index is 10.7. The van der Waals surface area contributed by atoms with Gasteiger partial charge in [0.15, 0.2) is 6.10 Å². The van der Waals surface area contributed by atoms with Gasteiger partial charge in [0.25, 0.3) is 0 Å². The van der Waals surface area contributed by atoms with Crippen LogP contribution in [-0.4, -0.2) is 49.2 Å². The van der Waals surface area contributed by atoms with Crippen molar-refractivity contribution in [3.63, 3.8) is 0 Å². The van der Waals surface area contributed by atoms with E-state index in [0.29, 0.717) is 30.7 Å². The molecule has 2 saturated heterocycles. The second-order valence-corrected chi connectivity index (χ2v) is 7.27. The molecule has 2 aliphatic rings. The molecule has 0 aromatic carbocycles. The van der Waals surface area contributed by atoms with Gasteiger partial charge in [-0.15, -0.1) is 0 Å². The van der Waals surface area contributed by atoms with Crippen LogP contribution in [0.5, 0.6) is 0 Å². The average Bonchev–Trinajstić information content (AvgIpc) is 3.19. The Morgan fingerprint density at radius 2 is 1.96 bits per heavy atom. The quantitative estimate of drug-likeness (QED) is 0.402. The smallest absolute Gasteiger partial charge is 0.332 e. The lowest BCUT2D eigenvalue weighted by Crippen LogP contribution is -2.30. The van der Waals surface area contributed by atoms with Gasteiger partial charge in [0.05, 0.1) is 25.4 Å². The Balaban J connectivity index is 1.67. The zero-order valence-corrected chi connectivity index (χ0v) is 15.7. The fourth-order valence-corrected chi connectivity index (χ4v) is 3.87. The van der Waals surface area contributed by atoms with Crippen LogP contribution in [0.2, 0.25) is 0 Å². The van der Waals surface area contributed by atoms with E-state index in [1.54, 1.807) is 6.92 Å². The van der Waals surface area contributed by atoms with Crippen LogP contribution >= 0.6 is 0 Å². The first kappa shape index (κ1) is 20.4. The van der Waals surface area contributed by atoms with Gasteiger partial charge in [-0.05, 0) is 38.5 Å². The van der Waals surface area contributed by atoms with Gasteiger partial charge < -0.3 is 19.3 Å². The van der Waals surface area contributed by atoms with Gasteiger partial charge in [0.1, 0.15) is 0 Å². The molecule has 0 spiro atoms. The molecule has 5 heteroatoms. The maximum Gasteiger partial charge on any atom is 0.332 e. The van der Waals surface area contributed by atoms with Crippen molar-refractivity contribution in [2.75, 3.05) is 19.8 Å². The molecule has 5 atom stereocenters. The van der Waals surface area contributed by atoms with E-state index in [1.807, 2.05) is 6.08 Å². The maximum absolute atomic E-state index is 10.7. The first-order valence-corrected chi connectivity index (χ1v) is 9.86. The molecular formula is C20H34O5. The van der Waals surface area contributed by atoms with Gasteiger partial charge in [-0.2, -0.15) is 0 Å². The van der Waals surface area contributed by atoms with Crippen LogP contribution in [0, 0.1) is 11.8 Å². The molecule has 0 saturated carbocycles. The number of rotatable bonds is 13. The summed E-state index contributed by atoms with van der Waals surface area (Å²) in [5, 5.41) is 8.79. The highest BCUT2D eigenvalue weighted by atomic mass is 16.5. The second-order valence-electron chi connectivity index (χ2n) is 7.27. The molecule has 2 rings (SSSR count). The number of hydrogen-bond donors (Lipinski definition) is 1. The van der Waals surface area contributed by atoms with Crippen LogP contribution in [-0.2, 0) is 19.0 Å². The Kier molecular flexibility index (Phi) is 8.93. The van der Waals surface area contributed by atoms with Gasteiger partial charge in [-0.25, -0.2) is 4.79 Å². The third-order valence-corrected chi connectivity index (χ3v) is 5.41. The number of ether oxygens (including phenoxy) is 3. The van der Waals surface area contributed by atoms with Crippen LogP contribution in [0.25, 0.3) is 0 Å². The first-order valence-electron chi connectivity index (χ1n) is 9.86. The number of allylic oxidation sites excluding steroid dienone is 1. The van der Waals surface area contributed by atoms with E-state index in [0.717, 1.165) is 38.9 Å². The van der Waals surface area contributed by atoms with Gasteiger partial charge in [-0.1, -0.05) is 38.3 Å². The number of carboxylic acid groups (broad SMARTS) is 1. The molecule has 25 heavy (non-hydrogen) atoms. The lowest BCUT2D eigenvalue weighted by Gasteiger charge is -2.27. The first-order chi connectivity index (χ1) is 12.1. The molecule has 0 radical (unpaired) electrons. The van der Waals surface area contributed by atoms with Gasteiger partial charge >= 0.3 is 5.97 Å². The van der Waals surface area contributed by atoms with Crippen molar-refractivity contribution in [3.05, 3.63) is 12.2 Å². The van der Waals surface area contributed by atoms with E-state index < -0.39 is 12.1 Å². The molecular weight excluding hydrogens is 320 g/mol. The van der Waals surface area contributed by atoms with E-state index in [-0.39, 0.29) is 0 Å². The van der Waals surface area contributed by atoms with Crippen LogP contribution in [0.4, 0.5) is 0 Å². The normalized spacial score (nSPS) is 29.5.